The monoisotopic (exact) mass is 258 g/mol. The van der Waals surface area contributed by atoms with Crippen molar-refractivity contribution in [3.63, 3.8) is 0 Å². The highest BCUT2D eigenvalue weighted by Gasteiger charge is 2.09. The molecule has 0 bridgehead atoms. The highest BCUT2D eigenvalue weighted by atomic mass is 32.2. The smallest absolute Gasteiger partial charge is 0.219 e. The summed E-state index contributed by atoms with van der Waals surface area (Å²) in [6.07, 6.45) is 2.49. The summed E-state index contributed by atoms with van der Waals surface area (Å²) in [4.78, 5) is 11.8. The van der Waals surface area contributed by atoms with Crippen LogP contribution in [0, 0.1) is 0 Å². The predicted octanol–water partition coefficient (Wildman–Crippen LogP) is 3.49. The van der Waals surface area contributed by atoms with Crippen molar-refractivity contribution in [1.29, 1.82) is 0 Å². The number of benzene rings is 2. The van der Waals surface area contributed by atoms with Crippen LogP contribution in [0.3, 0.4) is 0 Å². The molecule has 0 saturated heterocycles. The minimum absolute atomic E-state index is 0.0874. The average molecular weight is 258 g/mol. The molecule has 1 N–H and O–H groups in total. The van der Waals surface area contributed by atoms with Crippen molar-refractivity contribution in [2.45, 2.75) is 6.42 Å². The lowest BCUT2D eigenvalue weighted by molar-refractivity contribution is 0.108. The third-order valence-electron chi connectivity index (χ3n) is 2.75. The minimum atomic E-state index is 0.0874. The van der Waals surface area contributed by atoms with Gasteiger partial charge in [0.2, 0.25) is 5.12 Å². The van der Waals surface area contributed by atoms with Gasteiger partial charge < -0.3 is 5.11 Å². The van der Waals surface area contributed by atoms with Gasteiger partial charge in [-0.1, -0.05) is 48.2 Å². The number of carbonyl (C=O) groups excluding carboxylic acids is 1. The second-order valence-electron chi connectivity index (χ2n) is 3.99. The first-order valence-corrected chi connectivity index (χ1v) is 6.87. The van der Waals surface area contributed by atoms with E-state index >= 15 is 0 Å². The number of thioether (sulfide) groups is 1. The molecule has 0 aliphatic carbocycles. The Kier molecular flexibility index (Phi) is 4.05. The maximum atomic E-state index is 11.8. The molecule has 0 aliphatic rings. The largest absolute Gasteiger partial charge is 0.508 e. The molecule has 3 heteroatoms. The van der Waals surface area contributed by atoms with Gasteiger partial charge in [0.25, 0.3) is 0 Å². The van der Waals surface area contributed by atoms with Crippen molar-refractivity contribution in [3.05, 3.63) is 65.2 Å². The van der Waals surface area contributed by atoms with E-state index in [2.05, 4.69) is 0 Å². The van der Waals surface area contributed by atoms with E-state index < -0.39 is 0 Å². The first-order chi connectivity index (χ1) is 8.70. The molecule has 92 valence electrons. The maximum Gasteiger partial charge on any atom is 0.219 e. The van der Waals surface area contributed by atoms with E-state index in [1.807, 2.05) is 36.4 Å². The predicted molar refractivity (Wildman–Crippen MR) is 75.2 cm³/mol. The van der Waals surface area contributed by atoms with Crippen molar-refractivity contribution in [3.8, 4) is 5.75 Å². The van der Waals surface area contributed by atoms with Crippen LogP contribution in [0.1, 0.15) is 21.5 Å². The average Bonchev–Trinajstić information content (AvgIpc) is 2.41. The number of aromatic hydroxyl groups is 1. The van der Waals surface area contributed by atoms with Gasteiger partial charge in [0.05, 0.1) is 0 Å². The highest BCUT2D eigenvalue weighted by Crippen LogP contribution is 2.19. The number of rotatable bonds is 3. The molecule has 2 aromatic rings. The minimum Gasteiger partial charge on any atom is -0.508 e. The van der Waals surface area contributed by atoms with E-state index in [-0.39, 0.29) is 10.9 Å². The number of hydrogen-bond acceptors (Lipinski definition) is 3. The van der Waals surface area contributed by atoms with Crippen molar-refractivity contribution in [1.82, 2.24) is 0 Å². The lowest BCUT2D eigenvalue weighted by Gasteiger charge is -2.07. The molecule has 0 aliphatic heterocycles. The Bertz CT molecular complexity index is 547. The molecule has 2 aromatic carbocycles. The summed E-state index contributed by atoms with van der Waals surface area (Å²) in [5, 5.41) is 9.33. The molecule has 0 saturated carbocycles. The molecule has 2 nitrogen and oxygen atoms in total. The van der Waals surface area contributed by atoms with E-state index in [0.29, 0.717) is 6.42 Å². The van der Waals surface area contributed by atoms with Crippen LogP contribution in [0.5, 0.6) is 5.75 Å². The molecular weight excluding hydrogens is 244 g/mol. The molecule has 2 rings (SSSR count). The van der Waals surface area contributed by atoms with E-state index in [1.54, 1.807) is 18.4 Å². The van der Waals surface area contributed by atoms with Crippen LogP contribution >= 0.6 is 11.8 Å². The summed E-state index contributed by atoms with van der Waals surface area (Å²) >= 11 is 1.23. The number of phenolic OH excluding ortho intramolecular Hbond substituents is 1. The van der Waals surface area contributed by atoms with E-state index in [0.717, 1.165) is 16.7 Å². The van der Waals surface area contributed by atoms with Crippen LogP contribution in [0.25, 0.3) is 0 Å². The van der Waals surface area contributed by atoms with Crippen LogP contribution in [0.15, 0.2) is 48.5 Å². The zero-order valence-corrected chi connectivity index (χ0v) is 10.9. The summed E-state index contributed by atoms with van der Waals surface area (Å²) in [6, 6.07) is 14.7. The summed E-state index contributed by atoms with van der Waals surface area (Å²) in [6.45, 7) is 0. The van der Waals surface area contributed by atoms with Crippen molar-refractivity contribution < 1.29 is 9.90 Å². The van der Waals surface area contributed by atoms with Crippen LogP contribution in [0.4, 0.5) is 0 Å². The van der Waals surface area contributed by atoms with Gasteiger partial charge in [0, 0.05) is 5.56 Å². The Morgan fingerprint density at radius 2 is 1.78 bits per heavy atom. The second kappa shape index (κ2) is 5.74. The first kappa shape index (κ1) is 12.7. The zero-order chi connectivity index (χ0) is 13.0. The fraction of sp³-hybridized carbons (Fsp3) is 0.133. The third-order valence-corrected chi connectivity index (χ3v) is 3.34. The molecule has 0 heterocycles. The molecule has 18 heavy (non-hydrogen) atoms. The maximum absolute atomic E-state index is 11.8. The number of carbonyl (C=O) groups is 1. The van der Waals surface area contributed by atoms with Gasteiger partial charge in [-0.3, -0.25) is 4.79 Å². The molecule has 0 amide bonds. The number of hydrogen-bond donors (Lipinski definition) is 1. The van der Waals surface area contributed by atoms with Crippen molar-refractivity contribution in [2.75, 3.05) is 6.26 Å². The fourth-order valence-electron chi connectivity index (χ4n) is 1.82. The molecule has 0 spiro atoms. The van der Waals surface area contributed by atoms with E-state index in [1.165, 1.54) is 11.8 Å². The van der Waals surface area contributed by atoms with Gasteiger partial charge in [0.1, 0.15) is 5.75 Å². The van der Waals surface area contributed by atoms with Gasteiger partial charge in [-0.05, 0) is 35.9 Å². The first-order valence-electron chi connectivity index (χ1n) is 5.65. The summed E-state index contributed by atoms with van der Waals surface area (Å²) in [5.41, 5.74) is 2.86. The highest BCUT2D eigenvalue weighted by molar-refractivity contribution is 8.13. The van der Waals surface area contributed by atoms with Crippen LogP contribution in [-0.2, 0) is 6.42 Å². The Morgan fingerprint density at radius 1 is 1.11 bits per heavy atom. The Morgan fingerprint density at radius 3 is 2.44 bits per heavy atom. The van der Waals surface area contributed by atoms with Gasteiger partial charge in [0.15, 0.2) is 0 Å². The molecule has 0 aromatic heterocycles. The number of phenols is 1. The quantitative estimate of drug-likeness (QED) is 0.915. The van der Waals surface area contributed by atoms with Crippen molar-refractivity contribution in [2.24, 2.45) is 0 Å². The fourth-order valence-corrected chi connectivity index (χ4v) is 2.24. The summed E-state index contributed by atoms with van der Waals surface area (Å²) in [7, 11) is 0. The van der Waals surface area contributed by atoms with Gasteiger partial charge in [-0.25, -0.2) is 0 Å². The van der Waals surface area contributed by atoms with Crippen molar-refractivity contribution >= 4 is 16.9 Å². The summed E-state index contributed by atoms with van der Waals surface area (Å²) < 4.78 is 0. The van der Waals surface area contributed by atoms with E-state index in [9.17, 15) is 9.90 Å². The summed E-state index contributed by atoms with van der Waals surface area (Å²) in [5.74, 6) is 0.257. The standard InChI is InChI=1S/C15H14O2S/c1-18-15(17)14-5-3-2-4-12(14)10-11-6-8-13(16)9-7-11/h2-9,16H,10H2,1H3. The third kappa shape index (κ3) is 2.93. The SMILES string of the molecule is CSC(=O)c1ccccc1Cc1ccc(O)cc1. The molecule has 0 atom stereocenters. The molecule has 0 unspecified atom stereocenters. The topological polar surface area (TPSA) is 37.3 Å². The Labute approximate surface area is 111 Å². The normalized spacial score (nSPS) is 10.3. The van der Waals surface area contributed by atoms with Gasteiger partial charge in [-0.15, -0.1) is 0 Å². The lowest BCUT2D eigenvalue weighted by Crippen LogP contribution is -2.00. The van der Waals surface area contributed by atoms with Gasteiger partial charge >= 0.3 is 0 Å². The van der Waals surface area contributed by atoms with E-state index in [4.69, 9.17) is 0 Å². The lowest BCUT2D eigenvalue weighted by atomic mass is 10.0. The Balaban J connectivity index is 2.28. The molecular formula is C15H14O2S. The zero-order valence-electron chi connectivity index (χ0n) is 10.1. The molecule has 0 radical (unpaired) electrons. The van der Waals surface area contributed by atoms with Crippen LogP contribution in [0.2, 0.25) is 0 Å². The Hall–Kier alpha value is -1.74. The van der Waals surface area contributed by atoms with Gasteiger partial charge in [-0.2, -0.15) is 0 Å². The van der Waals surface area contributed by atoms with Crippen LogP contribution in [-0.4, -0.2) is 16.5 Å². The van der Waals surface area contributed by atoms with Crippen LogP contribution < -0.4 is 0 Å². The second-order valence-corrected chi connectivity index (χ2v) is 4.77. The molecule has 0 fully saturated rings.